The number of anilines is 2. The van der Waals surface area contributed by atoms with E-state index >= 15 is 0 Å². The van der Waals surface area contributed by atoms with Crippen molar-refractivity contribution in [1.82, 2.24) is 25.1 Å². The summed E-state index contributed by atoms with van der Waals surface area (Å²) in [5, 5.41) is 15.7. The lowest BCUT2D eigenvalue weighted by Gasteiger charge is -2.42. The molecular formula is C39H44N8O2. The number of carbonyl (C=O) groups excluding carboxylic acids is 1. The smallest absolute Gasteiger partial charge is 0.318 e. The highest BCUT2D eigenvalue weighted by molar-refractivity contribution is 5.97. The predicted octanol–water partition coefficient (Wildman–Crippen LogP) is 4.62. The number of hydrogen-bond donors (Lipinski definition) is 1. The van der Waals surface area contributed by atoms with E-state index < -0.39 is 0 Å². The number of amides is 1. The Hall–Kier alpha value is -4.72. The maximum Gasteiger partial charge on any atom is 0.318 e. The highest BCUT2D eigenvalue weighted by Gasteiger charge is 2.47. The molecule has 4 aliphatic heterocycles. The van der Waals surface area contributed by atoms with E-state index in [2.05, 4.69) is 88.6 Å². The Labute approximate surface area is 288 Å². The van der Waals surface area contributed by atoms with Gasteiger partial charge in [-0.05, 0) is 62.4 Å². The molecule has 3 aromatic carbocycles. The molecule has 4 atom stereocenters. The molecule has 0 bridgehead atoms. The molecular weight excluding hydrogens is 612 g/mol. The van der Waals surface area contributed by atoms with Gasteiger partial charge in [-0.25, -0.2) is 0 Å². The lowest BCUT2D eigenvalue weighted by molar-refractivity contribution is -0.133. The molecule has 2 unspecified atom stereocenters. The molecule has 10 heteroatoms. The van der Waals surface area contributed by atoms with Crippen LogP contribution in [0.5, 0.6) is 6.01 Å². The van der Waals surface area contributed by atoms with Gasteiger partial charge in [0.2, 0.25) is 5.91 Å². The Bertz CT molecular complexity index is 1890. The van der Waals surface area contributed by atoms with Crippen LogP contribution in [0.15, 0.2) is 66.7 Å². The number of rotatable bonds is 8. The summed E-state index contributed by atoms with van der Waals surface area (Å²) in [6, 6.07) is 25.8. The summed E-state index contributed by atoms with van der Waals surface area (Å²) in [5.74, 6) is 0.958. The molecule has 0 radical (unpaired) electrons. The third-order valence-electron chi connectivity index (χ3n) is 10.9. The largest absolute Gasteiger partial charge is 0.462 e. The van der Waals surface area contributed by atoms with Gasteiger partial charge in [0.1, 0.15) is 18.5 Å². The molecule has 8 rings (SSSR count). The number of carbonyl (C=O) groups is 1. The Kier molecular flexibility index (Phi) is 8.56. The van der Waals surface area contributed by atoms with Crippen LogP contribution in [0.1, 0.15) is 47.7 Å². The third kappa shape index (κ3) is 6.18. The van der Waals surface area contributed by atoms with Crippen LogP contribution in [-0.4, -0.2) is 90.2 Å². The lowest BCUT2D eigenvalue weighted by atomic mass is 9.99. The van der Waals surface area contributed by atoms with Gasteiger partial charge >= 0.3 is 6.01 Å². The van der Waals surface area contributed by atoms with Gasteiger partial charge in [0.25, 0.3) is 0 Å². The van der Waals surface area contributed by atoms with Crippen molar-refractivity contribution in [2.75, 3.05) is 56.2 Å². The van der Waals surface area contributed by atoms with Gasteiger partial charge in [-0.1, -0.05) is 60.7 Å². The summed E-state index contributed by atoms with van der Waals surface area (Å²) in [4.78, 5) is 32.9. The molecule has 252 valence electrons. The fraction of sp³-hybridized carbons (Fsp3) is 0.436. The van der Waals surface area contributed by atoms with Gasteiger partial charge in [0.05, 0.1) is 36.8 Å². The van der Waals surface area contributed by atoms with E-state index in [0.29, 0.717) is 44.8 Å². The minimum absolute atomic E-state index is 0.0236. The highest BCUT2D eigenvalue weighted by Crippen LogP contribution is 2.37. The van der Waals surface area contributed by atoms with Crippen molar-refractivity contribution in [2.45, 2.75) is 63.3 Å². The minimum Gasteiger partial charge on any atom is -0.462 e. The Morgan fingerprint density at radius 3 is 2.61 bits per heavy atom. The predicted molar refractivity (Wildman–Crippen MR) is 191 cm³/mol. The average molecular weight is 657 g/mol. The molecule has 1 N–H and O–H groups in total. The average Bonchev–Trinajstić information content (AvgIpc) is 3.83. The number of aryl methyl sites for hydroxylation is 1. The standard InChI is InChI=1S/C39H44N8O2/c1-26-9-6-12-27-13-7-15-33(34(26)27)45-20-17-31-32(24-45)41-39(49-25-30-14-8-19-44(30)2)43-37(31)46-21-22-47(29(23-46)16-18-40)38(48)36-35(42-36)28-10-4-3-5-11-28/h3-7,9-13,15,29-30,35-36,42H,8,14,16-17,19-25H2,1-2H3/t29-,30-,35?,36?/m0/s1. The van der Waals surface area contributed by atoms with Crippen molar-refractivity contribution < 1.29 is 9.53 Å². The first-order chi connectivity index (χ1) is 24.0. The molecule has 3 fully saturated rings. The first kappa shape index (κ1) is 31.5. The summed E-state index contributed by atoms with van der Waals surface area (Å²) >= 11 is 0. The molecule has 5 heterocycles. The topological polar surface area (TPSA) is 111 Å². The van der Waals surface area contributed by atoms with Crippen molar-refractivity contribution >= 4 is 28.2 Å². The molecule has 0 saturated carbocycles. The molecule has 1 amide bonds. The fourth-order valence-corrected chi connectivity index (χ4v) is 8.15. The zero-order chi connectivity index (χ0) is 33.5. The summed E-state index contributed by atoms with van der Waals surface area (Å²) < 4.78 is 6.38. The van der Waals surface area contributed by atoms with Gasteiger partial charge in [-0.2, -0.15) is 15.2 Å². The van der Waals surface area contributed by atoms with Crippen molar-refractivity contribution in [2.24, 2.45) is 0 Å². The number of nitrogens with zero attached hydrogens (tertiary/aromatic N) is 7. The molecule has 49 heavy (non-hydrogen) atoms. The summed E-state index contributed by atoms with van der Waals surface area (Å²) in [7, 11) is 2.15. The summed E-state index contributed by atoms with van der Waals surface area (Å²) in [6.07, 6.45) is 3.34. The minimum atomic E-state index is -0.251. The van der Waals surface area contributed by atoms with E-state index in [1.54, 1.807) is 0 Å². The van der Waals surface area contributed by atoms with Gasteiger partial charge in [0, 0.05) is 48.9 Å². The second-order valence-electron chi connectivity index (χ2n) is 14.0. The van der Waals surface area contributed by atoms with Crippen molar-refractivity contribution in [3.8, 4) is 12.1 Å². The highest BCUT2D eigenvalue weighted by atomic mass is 16.5. The molecule has 4 aromatic rings. The van der Waals surface area contributed by atoms with E-state index in [-0.39, 0.29) is 30.5 Å². The SMILES string of the molecule is Cc1cccc2cccc(N3CCc4c(nc(OC[C@@H]5CCCN5C)nc4N4CCN(C(=O)C5NC5c5ccccc5)[C@@H](CC#N)C4)C3)c12. The van der Waals surface area contributed by atoms with Gasteiger partial charge in [0.15, 0.2) is 0 Å². The van der Waals surface area contributed by atoms with E-state index in [0.717, 1.165) is 48.6 Å². The molecule has 4 aliphatic rings. The number of hydrogen-bond acceptors (Lipinski definition) is 9. The van der Waals surface area contributed by atoms with E-state index in [4.69, 9.17) is 14.7 Å². The molecule has 0 aliphatic carbocycles. The van der Waals surface area contributed by atoms with Gasteiger partial charge < -0.3 is 24.3 Å². The van der Waals surface area contributed by atoms with Crippen molar-refractivity contribution in [1.29, 1.82) is 5.26 Å². The number of nitrogens with one attached hydrogen (secondary N) is 1. The van der Waals surface area contributed by atoms with E-state index in [1.807, 2.05) is 23.1 Å². The number of likely N-dealkylation sites (tertiary alicyclic amines) is 1. The Morgan fingerprint density at radius 1 is 0.980 bits per heavy atom. The van der Waals surface area contributed by atoms with Crippen LogP contribution < -0.4 is 19.9 Å². The van der Waals surface area contributed by atoms with Gasteiger partial charge in [-0.15, -0.1) is 0 Å². The van der Waals surface area contributed by atoms with Crippen LogP contribution >= 0.6 is 0 Å². The molecule has 3 saturated heterocycles. The van der Waals surface area contributed by atoms with Crippen LogP contribution in [0, 0.1) is 18.3 Å². The van der Waals surface area contributed by atoms with Crippen molar-refractivity contribution in [3.05, 3.63) is 89.1 Å². The quantitative estimate of drug-likeness (QED) is 0.272. The van der Waals surface area contributed by atoms with Crippen LogP contribution in [-0.2, 0) is 17.8 Å². The maximum absolute atomic E-state index is 13.8. The van der Waals surface area contributed by atoms with Gasteiger partial charge in [-0.3, -0.25) is 10.1 Å². The Balaban J connectivity index is 1.07. The monoisotopic (exact) mass is 656 g/mol. The second-order valence-corrected chi connectivity index (χ2v) is 14.0. The van der Waals surface area contributed by atoms with Crippen LogP contribution in [0.2, 0.25) is 0 Å². The van der Waals surface area contributed by atoms with Crippen LogP contribution in [0.25, 0.3) is 10.8 Å². The number of piperazine rings is 1. The number of nitriles is 1. The number of likely N-dealkylation sites (N-methyl/N-ethyl adjacent to an activating group) is 1. The molecule has 0 spiro atoms. The zero-order valence-corrected chi connectivity index (χ0v) is 28.4. The molecule has 10 nitrogen and oxygen atoms in total. The third-order valence-corrected chi connectivity index (χ3v) is 10.9. The lowest BCUT2D eigenvalue weighted by Crippen LogP contribution is -2.57. The first-order valence-corrected chi connectivity index (χ1v) is 17.7. The number of benzene rings is 3. The van der Waals surface area contributed by atoms with Crippen molar-refractivity contribution in [3.63, 3.8) is 0 Å². The number of aromatic nitrogens is 2. The second kappa shape index (κ2) is 13.3. The van der Waals surface area contributed by atoms with Crippen LogP contribution in [0.3, 0.4) is 0 Å². The Morgan fingerprint density at radius 2 is 1.82 bits per heavy atom. The maximum atomic E-state index is 13.8. The summed E-state index contributed by atoms with van der Waals surface area (Å²) in [6.45, 7) is 7.03. The first-order valence-electron chi connectivity index (χ1n) is 17.7. The molecule has 1 aromatic heterocycles. The number of ether oxygens (including phenoxy) is 1. The normalized spacial score (nSPS) is 23.7. The summed E-state index contributed by atoms with van der Waals surface area (Å²) in [5.41, 5.74) is 5.73. The van der Waals surface area contributed by atoms with E-state index in [9.17, 15) is 10.1 Å². The van der Waals surface area contributed by atoms with Crippen LogP contribution in [0.4, 0.5) is 11.5 Å². The number of fused-ring (bicyclic) bond motifs is 2. The fourth-order valence-electron chi connectivity index (χ4n) is 8.15. The van der Waals surface area contributed by atoms with E-state index in [1.165, 1.54) is 28.4 Å². The zero-order valence-electron chi connectivity index (χ0n) is 28.4.